The summed E-state index contributed by atoms with van der Waals surface area (Å²) in [7, 11) is 0. The zero-order valence-electron chi connectivity index (χ0n) is 12.7. The number of carbonyl (C=O) groups is 1. The minimum atomic E-state index is -4.35. The smallest absolute Gasteiger partial charge is 0.325 e. The van der Waals surface area contributed by atoms with Gasteiger partial charge in [-0.15, -0.1) is 11.8 Å². The first-order valence-electron chi connectivity index (χ1n) is 7.43. The van der Waals surface area contributed by atoms with E-state index in [2.05, 4.69) is 4.98 Å². The predicted octanol–water partition coefficient (Wildman–Crippen LogP) is 3.92. The fourth-order valence-corrected chi connectivity index (χ4v) is 3.81. The highest BCUT2D eigenvalue weighted by Crippen LogP contribution is 2.39. The van der Waals surface area contributed by atoms with Crippen molar-refractivity contribution in [1.82, 2.24) is 9.88 Å². The molecule has 2 heterocycles. The van der Waals surface area contributed by atoms with Crippen molar-refractivity contribution in [1.29, 1.82) is 0 Å². The molecule has 0 aliphatic carbocycles. The van der Waals surface area contributed by atoms with Crippen molar-refractivity contribution >= 4 is 17.7 Å². The third-order valence-electron chi connectivity index (χ3n) is 3.83. The average Bonchev–Trinajstić information content (AvgIpc) is 2.94. The van der Waals surface area contributed by atoms with E-state index in [-0.39, 0.29) is 11.3 Å². The summed E-state index contributed by atoms with van der Waals surface area (Å²) >= 11 is 1.43. The molecule has 0 radical (unpaired) electrons. The van der Waals surface area contributed by atoms with Gasteiger partial charge in [-0.2, -0.15) is 13.2 Å². The second kappa shape index (κ2) is 6.84. The molecule has 2 aromatic rings. The number of aromatic nitrogens is 1. The highest BCUT2D eigenvalue weighted by Gasteiger charge is 2.34. The molecule has 1 fully saturated rings. The molecule has 0 saturated carbocycles. The van der Waals surface area contributed by atoms with Gasteiger partial charge in [0.15, 0.2) is 0 Å². The van der Waals surface area contributed by atoms with E-state index in [4.69, 9.17) is 0 Å². The molecule has 0 bridgehead atoms. The molecule has 3 nitrogen and oxygen atoms in total. The number of pyridine rings is 1. The molecule has 1 aliphatic rings. The zero-order valence-corrected chi connectivity index (χ0v) is 13.5. The highest BCUT2D eigenvalue weighted by atomic mass is 32.2. The van der Waals surface area contributed by atoms with E-state index in [1.807, 2.05) is 18.2 Å². The molecule has 7 heteroatoms. The van der Waals surface area contributed by atoms with E-state index in [0.717, 1.165) is 17.8 Å². The Morgan fingerprint density at radius 2 is 1.92 bits per heavy atom. The molecule has 126 valence electrons. The first kappa shape index (κ1) is 16.8. The van der Waals surface area contributed by atoms with Crippen LogP contribution < -0.4 is 0 Å². The molecule has 0 N–H and O–H groups in total. The molecule has 1 aromatic heterocycles. The second-order valence-corrected chi connectivity index (χ2v) is 6.51. The van der Waals surface area contributed by atoms with Crippen LogP contribution in [0.4, 0.5) is 13.2 Å². The summed E-state index contributed by atoms with van der Waals surface area (Å²) in [4.78, 5) is 18.1. The molecule has 1 aromatic carbocycles. The van der Waals surface area contributed by atoms with Gasteiger partial charge >= 0.3 is 6.18 Å². The Bertz CT molecular complexity index is 704. The molecule has 24 heavy (non-hydrogen) atoms. The summed E-state index contributed by atoms with van der Waals surface area (Å²) in [6.07, 6.45) is -2.04. The van der Waals surface area contributed by atoms with E-state index in [0.29, 0.717) is 24.3 Å². The van der Waals surface area contributed by atoms with Gasteiger partial charge in [0.25, 0.3) is 0 Å². The molecular formula is C17H15F3N2OS. The Morgan fingerprint density at radius 1 is 1.17 bits per heavy atom. The number of benzene rings is 1. The van der Waals surface area contributed by atoms with Gasteiger partial charge in [0, 0.05) is 24.9 Å². The number of carbonyl (C=O) groups excluding carboxylic acids is 1. The number of thioether (sulfide) groups is 1. The predicted molar refractivity (Wildman–Crippen MR) is 86.3 cm³/mol. The molecule has 1 atom stereocenters. The number of hydrogen-bond acceptors (Lipinski definition) is 3. The lowest BCUT2D eigenvalue weighted by Crippen LogP contribution is -2.30. The zero-order chi connectivity index (χ0) is 17.2. The first-order chi connectivity index (χ1) is 11.4. The maximum atomic E-state index is 12.7. The maximum Gasteiger partial charge on any atom is 0.416 e. The Morgan fingerprint density at radius 3 is 2.54 bits per heavy atom. The van der Waals surface area contributed by atoms with Gasteiger partial charge in [-0.25, -0.2) is 0 Å². The first-order valence-corrected chi connectivity index (χ1v) is 8.48. The Labute approximate surface area is 141 Å². The number of alkyl halides is 3. The second-order valence-electron chi connectivity index (χ2n) is 5.44. The SMILES string of the molecule is O=C1CSC(c2ccc(C(F)(F)F)cc2)N1CCc1ccccn1. The van der Waals surface area contributed by atoms with Crippen molar-refractivity contribution in [2.45, 2.75) is 18.0 Å². The number of hydrogen-bond donors (Lipinski definition) is 0. The fraction of sp³-hybridized carbons (Fsp3) is 0.294. The van der Waals surface area contributed by atoms with Crippen LogP contribution in [0.15, 0.2) is 48.7 Å². The van der Waals surface area contributed by atoms with Gasteiger partial charge in [0.1, 0.15) is 5.37 Å². The molecular weight excluding hydrogens is 337 g/mol. The number of amides is 1. The molecule has 1 unspecified atom stereocenters. The highest BCUT2D eigenvalue weighted by molar-refractivity contribution is 8.00. The van der Waals surface area contributed by atoms with Crippen molar-refractivity contribution in [3.8, 4) is 0 Å². The third-order valence-corrected chi connectivity index (χ3v) is 5.08. The van der Waals surface area contributed by atoms with Crippen molar-refractivity contribution in [2.75, 3.05) is 12.3 Å². The number of halogens is 3. The minimum absolute atomic E-state index is 0.000768. The van der Waals surface area contributed by atoms with Crippen LogP contribution in [-0.2, 0) is 17.4 Å². The summed E-state index contributed by atoms with van der Waals surface area (Å²) in [6.45, 7) is 0.495. The standard InChI is InChI=1S/C17H15F3N2OS/c18-17(19,20)13-6-4-12(5-7-13)16-22(15(23)11-24-16)10-8-14-3-1-2-9-21-14/h1-7,9,16H,8,10-11H2. The van der Waals surface area contributed by atoms with Crippen molar-refractivity contribution in [3.05, 3.63) is 65.5 Å². The van der Waals surface area contributed by atoms with Gasteiger partial charge < -0.3 is 4.90 Å². The normalized spacial score (nSPS) is 18.2. The van der Waals surface area contributed by atoms with Crippen LogP contribution in [0.5, 0.6) is 0 Å². The largest absolute Gasteiger partial charge is 0.416 e. The van der Waals surface area contributed by atoms with Crippen molar-refractivity contribution in [3.63, 3.8) is 0 Å². The van der Waals surface area contributed by atoms with Gasteiger partial charge in [-0.3, -0.25) is 9.78 Å². The Balaban J connectivity index is 1.73. The lowest BCUT2D eigenvalue weighted by molar-refractivity contribution is -0.137. The molecule has 1 aliphatic heterocycles. The summed E-state index contributed by atoms with van der Waals surface area (Å²) < 4.78 is 38.0. The third kappa shape index (κ3) is 3.72. The van der Waals surface area contributed by atoms with Crippen LogP contribution in [0.2, 0.25) is 0 Å². The lowest BCUT2D eigenvalue weighted by Gasteiger charge is -2.24. The number of nitrogens with zero attached hydrogens (tertiary/aromatic N) is 2. The number of rotatable bonds is 4. The van der Waals surface area contributed by atoms with E-state index in [9.17, 15) is 18.0 Å². The van der Waals surface area contributed by atoms with Crippen LogP contribution in [0.3, 0.4) is 0 Å². The lowest BCUT2D eigenvalue weighted by atomic mass is 10.1. The van der Waals surface area contributed by atoms with Crippen LogP contribution in [0.1, 0.15) is 22.2 Å². The monoisotopic (exact) mass is 352 g/mol. The topological polar surface area (TPSA) is 33.2 Å². The summed E-state index contributed by atoms with van der Waals surface area (Å²) in [5.74, 6) is 0.342. The van der Waals surface area contributed by atoms with Crippen LogP contribution >= 0.6 is 11.8 Å². The van der Waals surface area contributed by atoms with Crippen LogP contribution in [0.25, 0.3) is 0 Å². The minimum Gasteiger partial charge on any atom is -0.325 e. The average molecular weight is 352 g/mol. The molecule has 1 amide bonds. The van der Waals surface area contributed by atoms with Gasteiger partial charge in [-0.1, -0.05) is 18.2 Å². The Hall–Kier alpha value is -2.02. The van der Waals surface area contributed by atoms with Crippen LogP contribution in [0, 0.1) is 0 Å². The van der Waals surface area contributed by atoms with E-state index < -0.39 is 11.7 Å². The maximum absolute atomic E-state index is 12.7. The van der Waals surface area contributed by atoms with Gasteiger partial charge in [0.2, 0.25) is 5.91 Å². The van der Waals surface area contributed by atoms with Gasteiger partial charge in [-0.05, 0) is 29.8 Å². The molecule has 0 spiro atoms. The van der Waals surface area contributed by atoms with E-state index in [1.165, 1.54) is 23.9 Å². The van der Waals surface area contributed by atoms with E-state index >= 15 is 0 Å². The van der Waals surface area contributed by atoms with Gasteiger partial charge in [0.05, 0.1) is 11.3 Å². The van der Waals surface area contributed by atoms with Crippen molar-refractivity contribution in [2.24, 2.45) is 0 Å². The fourth-order valence-electron chi connectivity index (χ4n) is 2.59. The summed E-state index contributed by atoms with van der Waals surface area (Å²) in [5.41, 5.74) is 0.911. The quantitative estimate of drug-likeness (QED) is 0.836. The molecule has 1 saturated heterocycles. The van der Waals surface area contributed by atoms with E-state index in [1.54, 1.807) is 11.1 Å². The Kier molecular flexibility index (Phi) is 4.80. The summed E-state index contributed by atoms with van der Waals surface area (Å²) in [5, 5.41) is -0.247. The van der Waals surface area contributed by atoms with Crippen molar-refractivity contribution < 1.29 is 18.0 Å². The summed E-state index contributed by atoms with van der Waals surface area (Å²) in [6, 6.07) is 10.6. The van der Waals surface area contributed by atoms with Crippen LogP contribution in [-0.4, -0.2) is 28.1 Å². The molecule has 3 rings (SSSR count).